The third kappa shape index (κ3) is 36.2. The summed E-state index contributed by atoms with van der Waals surface area (Å²) in [6, 6.07) is 0. The van der Waals surface area contributed by atoms with E-state index in [-0.39, 0.29) is 43.8 Å². The molecular formula is C43H86N4O3. The first-order valence-electron chi connectivity index (χ1n) is 22.1. The van der Waals surface area contributed by atoms with Gasteiger partial charge in [-0.25, -0.2) is 0 Å². The summed E-state index contributed by atoms with van der Waals surface area (Å²) in [7, 11) is 0. The molecule has 0 aliphatic rings. The monoisotopic (exact) mass is 707 g/mol. The third-order valence-corrected chi connectivity index (χ3v) is 10.2. The fourth-order valence-electron chi connectivity index (χ4n) is 6.81. The van der Waals surface area contributed by atoms with Crippen LogP contribution in [0.1, 0.15) is 226 Å². The van der Waals surface area contributed by atoms with E-state index in [0.29, 0.717) is 0 Å². The molecule has 50 heavy (non-hydrogen) atoms. The molecule has 4 N–H and O–H groups in total. The van der Waals surface area contributed by atoms with Gasteiger partial charge in [0.2, 0.25) is 17.7 Å². The first-order valence-corrected chi connectivity index (χ1v) is 22.1. The van der Waals surface area contributed by atoms with E-state index in [4.69, 9.17) is 5.73 Å². The third-order valence-electron chi connectivity index (χ3n) is 10.2. The van der Waals surface area contributed by atoms with Gasteiger partial charge in [0.1, 0.15) is 0 Å². The van der Waals surface area contributed by atoms with Crippen LogP contribution in [0, 0.1) is 0 Å². The van der Waals surface area contributed by atoms with Crippen molar-refractivity contribution in [1.29, 1.82) is 0 Å². The number of rotatable bonds is 40. The lowest BCUT2D eigenvalue weighted by Gasteiger charge is -2.23. The van der Waals surface area contributed by atoms with E-state index in [0.717, 1.165) is 38.8 Å². The predicted molar refractivity (Wildman–Crippen MR) is 215 cm³/mol. The molecule has 0 aromatic carbocycles. The van der Waals surface area contributed by atoms with Crippen LogP contribution in [0.3, 0.4) is 0 Å². The van der Waals surface area contributed by atoms with Crippen LogP contribution in [0.5, 0.6) is 0 Å². The van der Waals surface area contributed by atoms with E-state index in [1.807, 2.05) is 4.90 Å². The van der Waals surface area contributed by atoms with Gasteiger partial charge in [0.05, 0.1) is 13.1 Å². The van der Waals surface area contributed by atoms with Crippen molar-refractivity contribution >= 4 is 17.7 Å². The molecule has 0 heterocycles. The zero-order chi connectivity index (χ0) is 36.6. The highest BCUT2D eigenvalue weighted by atomic mass is 16.2. The van der Waals surface area contributed by atoms with Crippen LogP contribution in [0.25, 0.3) is 0 Å². The van der Waals surface area contributed by atoms with Crippen LogP contribution in [-0.4, -0.2) is 55.3 Å². The Labute approximate surface area is 311 Å². The highest BCUT2D eigenvalue weighted by Gasteiger charge is 2.14. The first kappa shape index (κ1) is 48.4. The molecule has 7 nitrogen and oxygen atoms in total. The summed E-state index contributed by atoms with van der Waals surface area (Å²) in [5, 5.41) is 5.25. The molecule has 0 aliphatic carbocycles. The molecular weight excluding hydrogens is 620 g/mol. The number of nitrogens with zero attached hydrogens (tertiary/aromatic N) is 1. The first-order chi connectivity index (χ1) is 24.5. The van der Waals surface area contributed by atoms with Crippen LogP contribution >= 0.6 is 0 Å². The average molecular weight is 707 g/mol. The lowest BCUT2D eigenvalue weighted by molar-refractivity contribution is -0.133. The van der Waals surface area contributed by atoms with Crippen molar-refractivity contribution < 1.29 is 14.4 Å². The van der Waals surface area contributed by atoms with E-state index in [2.05, 4.69) is 24.5 Å². The molecule has 0 bridgehead atoms. The van der Waals surface area contributed by atoms with Gasteiger partial charge < -0.3 is 21.3 Å². The van der Waals surface area contributed by atoms with E-state index < -0.39 is 0 Å². The Balaban J connectivity index is 4.12. The van der Waals surface area contributed by atoms with E-state index in [1.165, 1.54) is 180 Å². The number of carbonyl (C=O) groups is 3. The minimum atomic E-state index is -0.339. The molecule has 7 heteroatoms. The normalized spacial score (nSPS) is 11.2. The molecule has 0 saturated heterocycles. The van der Waals surface area contributed by atoms with Crippen molar-refractivity contribution in [3.05, 3.63) is 0 Å². The fraction of sp³-hybridized carbons (Fsp3) is 0.930. The second-order valence-electron chi connectivity index (χ2n) is 15.1. The fourth-order valence-corrected chi connectivity index (χ4v) is 6.81. The Morgan fingerprint density at radius 1 is 0.400 bits per heavy atom. The van der Waals surface area contributed by atoms with Crippen molar-refractivity contribution in [3.8, 4) is 0 Å². The van der Waals surface area contributed by atoms with Crippen molar-refractivity contribution in [1.82, 2.24) is 15.5 Å². The number of nitrogens with one attached hydrogen (secondary N) is 2. The van der Waals surface area contributed by atoms with E-state index >= 15 is 0 Å². The molecule has 0 aliphatic heterocycles. The molecule has 0 unspecified atom stereocenters. The molecule has 3 amide bonds. The largest absolute Gasteiger partial charge is 0.347 e. The second-order valence-corrected chi connectivity index (χ2v) is 15.1. The number of hydrogen-bond acceptors (Lipinski definition) is 4. The standard InChI is InChI=1S/C43H86N4O3/c1-3-5-7-9-11-13-15-17-19-21-23-25-27-29-31-33-37-47(43(50)40-46-42(49)39-45-41(48)35-36-44)38-34-32-30-28-26-24-22-20-18-16-14-12-10-8-6-4-2/h3-40,44H2,1-2H3,(H,45,48)(H,46,49). The smallest absolute Gasteiger partial charge is 0.241 e. The minimum Gasteiger partial charge on any atom is -0.347 e. The quantitative estimate of drug-likeness (QED) is 0.0552. The van der Waals surface area contributed by atoms with E-state index in [1.54, 1.807) is 0 Å². The molecule has 0 atom stereocenters. The summed E-state index contributed by atoms with van der Waals surface area (Å²) in [6.45, 7) is 6.21. The zero-order valence-electron chi connectivity index (χ0n) is 33.6. The Hall–Kier alpha value is -1.63. The number of carbonyl (C=O) groups excluding carboxylic acids is 3. The zero-order valence-corrected chi connectivity index (χ0v) is 33.6. The van der Waals surface area contributed by atoms with Crippen LogP contribution < -0.4 is 16.4 Å². The van der Waals surface area contributed by atoms with Gasteiger partial charge in [0.15, 0.2) is 0 Å². The minimum absolute atomic E-state index is 0.0106. The van der Waals surface area contributed by atoms with Gasteiger partial charge in [0.25, 0.3) is 0 Å². The molecule has 0 aromatic heterocycles. The Morgan fingerprint density at radius 2 is 0.680 bits per heavy atom. The van der Waals surface area contributed by atoms with Gasteiger partial charge in [0, 0.05) is 26.1 Å². The Morgan fingerprint density at radius 3 is 0.980 bits per heavy atom. The molecule has 0 saturated carbocycles. The van der Waals surface area contributed by atoms with Gasteiger partial charge in [-0.05, 0) is 12.8 Å². The summed E-state index contributed by atoms with van der Waals surface area (Å²) in [4.78, 5) is 38.8. The summed E-state index contributed by atoms with van der Waals surface area (Å²) in [5.74, 6) is -0.607. The van der Waals surface area contributed by atoms with Crippen LogP contribution in [0.15, 0.2) is 0 Å². The van der Waals surface area contributed by atoms with Crippen molar-refractivity contribution in [2.24, 2.45) is 5.73 Å². The summed E-state index contributed by atoms with van der Waals surface area (Å²) < 4.78 is 0. The molecule has 296 valence electrons. The maximum absolute atomic E-state index is 13.1. The van der Waals surface area contributed by atoms with Crippen LogP contribution in [0.2, 0.25) is 0 Å². The molecule has 0 radical (unpaired) electrons. The van der Waals surface area contributed by atoms with Crippen molar-refractivity contribution in [2.75, 3.05) is 32.7 Å². The van der Waals surface area contributed by atoms with Gasteiger partial charge in [-0.1, -0.05) is 206 Å². The maximum atomic E-state index is 13.1. The van der Waals surface area contributed by atoms with Gasteiger partial charge in [-0.3, -0.25) is 14.4 Å². The summed E-state index contributed by atoms with van der Waals surface area (Å²) in [6.07, 6.45) is 42.9. The SMILES string of the molecule is CCCCCCCCCCCCCCCCCCN(CCCCCCCCCCCCCCCCCC)C(=O)CNC(=O)CNC(=O)CCN. The van der Waals surface area contributed by atoms with Crippen LogP contribution in [0.4, 0.5) is 0 Å². The molecule has 0 rings (SSSR count). The topological polar surface area (TPSA) is 105 Å². The number of unbranched alkanes of at least 4 members (excludes halogenated alkanes) is 30. The second kappa shape index (κ2) is 40.1. The lowest BCUT2D eigenvalue weighted by Crippen LogP contribution is -2.44. The predicted octanol–water partition coefficient (Wildman–Crippen LogP) is 10.9. The highest BCUT2D eigenvalue weighted by Crippen LogP contribution is 2.16. The Kier molecular flexibility index (Phi) is 38.8. The van der Waals surface area contributed by atoms with E-state index in [9.17, 15) is 14.4 Å². The van der Waals surface area contributed by atoms with Crippen molar-refractivity contribution in [2.45, 2.75) is 226 Å². The van der Waals surface area contributed by atoms with Gasteiger partial charge in [-0.2, -0.15) is 0 Å². The number of hydrogen-bond donors (Lipinski definition) is 3. The van der Waals surface area contributed by atoms with Crippen LogP contribution in [-0.2, 0) is 14.4 Å². The summed E-state index contributed by atoms with van der Waals surface area (Å²) in [5.41, 5.74) is 5.39. The maximum Gasteiger partial charge on any atom is 0.241 e. The Bertz CT molecular complexity index is 712. The number of nitrogens with two attached hydrogens (primary N) is 1. The average Bonchev–Trinajstić information content (AvgIpc) is 3.11. The number of amides is 3. The van der Waals surface area contributed by atoms with Gasteiger partial charge in [-0.15, -0.1) is 0 Å². The lowest BCUT2D eigenvalue weighted by atomic mass is 10.0. The molecule has 0 fully saturated rings. The highest BCUT2D eigenvalue weighted by molar-refractivity contribution is 5.88. The summed E-state index contributed by atoms with van der Waals surface area (Å²) >= 11 is 0. The van der Waals surface area contributed by atoms with Gasteiger partial charge >= 0.3 is 0 Å². The molecule has 0 aromatic rings. The van der Waals surface area contributed by atoms with Crippen molar-refractivity contribution in [3.63, 3.8) is 0 Å². The molecule has 0 spiro atoms.